The Morgan fingerprint density at radius 2 is 0.706 bits per heavy atom. The number of hydrogen-bond donors (Lipinski definition) is 2. The van der Waals surface area contributed by atoms with Crippen molar-refractivity contribution in [2.75, 3.05) is 9.80 Å². The zero-order chi connectivity index (χ0) is 35.7. The molecule has 2 N–H and O–H groups in total. The highest BCUT2D eigenvalue weighted by Crippen LogP contribution is 2.38. The standard InChI is InChI=1S/C27H25NO.C20H19NO/c1-20-8-12-24(13-9-20)28(25-14-10-21(2)11-15-25)26-16-17-27(29)23(19-26)18-22-6-4-3-5-7-22;1-15-3-7-17(8-4-15)21(18-9-5-16(2)6-10-18)19-11-13-20(22)14-12-19/h3-17,19,29H,18H2,1-2H3;3-14,22H,1-2H3. The van der Waals surface area contributed by atoms with Gasteiger partial charge < -0.3 is 20.0 Å². The van der Waals surface area contributed by atoms with E-state index < -0.39 is 0 Å². The topological polar surface area (TPSA) is 46.9 Å². The molecule has 0 aromatic heterocycles. The molecule has 4 heteroatoms. The van der Waals surface area contributed by atoms with Crippen molar-refractivity contribution in [2.45, 2.75) is 34.1 Å². The molecule has 0 atom stereocenters. The van der Waals surface area contributed by atoms with E-state index >= 15 is 0 Å². The van der Waals surface area contributed by atoms with Crippen LogP contribution < -0.4 is 9.80 Å². The molecule has 0 amide bonds. The van der Waals surface area contributed by atoms with E-state index in [0.29, 0.717) is 12.2 Å². The van der Waals surface area contributed by atoms with Crippen LogP contribution in [0.2, 0.25) is 0 Å². The number of rotatable bonds is 8. The fourth-order valence-corrected chi connectivity index (χ4v) is 5.94. The summed E-state index contributed by atoms with van der Waals surface area (Å²) in [7, 11) is 0. The Morgan fingerprint density at radius 1 is 0.373 bits per heavy atom. The molecule has 0 spiro atoms. The molecule has 0 saturated heterocycles. The van der Waals surface area contributed by atoms with Gasteiger partial charge in [0.1, 0.15) is 11.5 Å². The summed E-state index contributed by atoms with van der Waals surface area (Å²) < 4.78 is 0. The van der Waals surface area contributed by atoms with Crippen LogP contribution in [-0.2, 0) is 6.42 Å². The maximum Gasteiger partial charge on any atom is 0.119 e. The van der Waals surface area contributed by atoms with Crippen molar-refractivity contribution in [2.24, 2.45) is 0 Å². The fraction of sp³-hybridized carbons (Fsp3) is 0.106. The van der Waals surface area contributed by atoms with E-state index in [1.165, 1.54) is 27.8 Å². The Labute approximate surface area is 302 Å². The number of phenolic OH excluding ortho intramolecular Hbond substituents is 2. The van der Waals surface area contributed by atoms with Crippen molar-refractivity contribution in [3.8, 4) is 11.5 Å². The maximum atomic E-state index is 10.5. The van der Waals surface area contributed by atoms with Crippen LogP contribution in [0.4, 0.5) is 34.1 Å². The van der Waals surface area contributed by atoms with Gasteiger partial charge in [-0.1, -0.05) is 101 Å². The molecule has 0 aliphatic carbocycles. The summed E-state index contributed by atoms with van der Waals surface area (Å²) >= 11 is 0. The lowest BCUT2D eigenvalue weighted by Crippen LogP contribution is -2.10. The van der Waals surface area contributed by atoms with Crippen LogP contribution in [-0.4, -0.2) is 10.2 Å². The highest BCUT2D eigenvalue weighted by Gasteiger charge is 2.15. The van der Waals surface area contributed by atoms with Gasteiger partial charge in [-0.05, 0) is 124 Å². The van der Waals surface area contributed by atoms with Crippen LogP contribution in [0.25, 0.3) is 0 Å². The maximum absolute atomic E-state index is 10.5. The molecule has 7 aromatic rings. The van der Waals surface area contributed by atoms with Gasteiger partial charge in [-0.25, -0.2) is 0 Å². The van der Waals surface area contributed by atoms with Gasteiger partial charge in [-0.2, -0.15) is 0 Å². The molecular formula is C47H44N2O2. The smallest absolute Gasteiger partial charge is 0.119 e. The number of aryl methyl sites for hydroxylation is 4. The zero-order valence-corrected chi connectivity index (χ0v) is 29.7. The second-order valence-corrected chi connectivity index (χ2v) is 13.0. The molecule has 0 aliphatic rings. The molecule has 0 aliphatic heterocycles. The highest BCUT2D eigenvalue weighted by molar-refractivity contribution is 5.78. The van der Waals surface area contributed by atoms with Crippen molar-refractivity contribution in [1.82, 2.24) is 0 Å². The lowest BCUT2D eigenvalue weighted by Gasteiger charge is -2.26. The van der Waals surface area contributed by atoms with Gasteiger partial charge in [-0.15, -0.1) is 0 Å². The first-order chi connectivity index (χ1) is 24.7. The average molecular weight is 669 g/mol. The van der Waals surface area contributed by atoms with E-state index in [1.54, 1.807) is 18.2 Å². The molecule has 0 fully saturated rings. The zero-order valence-electron chi connectivity index (χ0n) is 29.7. The third-order valence-corrected chi connectivity index (χ3v) is 8.84. The number of nitrogens with zero attached hydrogens (tertiary/aromatic N) is 2. The van der Waals surface area contributed by atoms with Gasteiger partial charge in [0.2, 0.25) is 0 Å². The first-order valence-electron chi connectivity index (χ1n) is 17.3. The summed E-state index contributed by atoms with van der Waals surface area (Å²) in [5, 5.41) is 20.0. The molecule has 7 aromatic carbocycles. The molecule has 0 radical (unpaired) electrons. The van der Waals surface area contributed by atoms with E-state index in [4.69, 9.17) is 0 Å². The molecule has 0 saturated carbocycles. The highest BCUT2D eigenvalue weighted by atomic mass is 16.3. The SMILES string of the molecule is Cc1ccc(N(c2ccc(C)cc2)c2ccc(O)c(Cc3ccccc3)c2)cc1.Cc1ccc(N(c2ccc(C)cc2)c2ccc(O)cc2)cc1. The molecule has 0 bridgehead atoms. The summed E-state index contributed by atoms with van der Waals surface area (Å²) in [6, 6.07) is 57.3. The van der Waals surface area contributed by atoms with Gasteiger partial charge in [-0.3, -0.25) is 0 Å². The van der Waals surface area contributed by atoms with Gasteiger partial charge in [0.05, 0.1) is 0 Å². The third kappa shape index (κ3) is 8.86. The van der Waals surface area contributed by atoms with Crippen LogP contribution in [0.5, 0.6) is 11.5 Å². The summed E-state index contributed by atoms with van der Waals surface area (Å²) in [6.07, 6.45) is 0.691. The molecule has 0 heterocycles. The van der Waals surface area contributed by atoms with E-state index in [9.17, 15) is 10.2 Å². The quantitative estimate of drug-likeness (QED) is 0.169. The first kappa shape index (κ1) is 34.6. The van der Waals surface area contributed by atoms with Crippen molar-refractivity contribution in [3.63, 3.8) is 0 Å². The van der Waals surface area contributed by atoms with Gasteiger partial charge in [0.25, 0.3) is 0 Å². The minimum absolute atomic E-state index is 0.275. The average Bonchev–Trinajstić information content (AvgIpc) is 3.14. The van der Waals surface area contributed by atoms with Crippen LogP contribution >= 0.6 is 0 Å². The predicted molar refractivity (Wildman–Crippen MR) is 214 cm³/mol. The number of anilines is 6. The van der Waals surface area contributed by atoms with Crippen molar-refractivity contribution < 1.29 is 10.2 Å². The van der Waals surface area contributed by atoms with E-state index in [1.807, 2.05) is 36.4 Å². The van der Waals surface area contributed by atoms with Crippen LogP contribution in [0.1, 0.15) is 33.4 Å². The van der Waals surface area contributed by atoms with Crippen molar-refractivity contribution >= 4 is 34.1 Å². The lowest BCUT2D eigenvalue weighted by atomic mass is 10.0. The largest absolute Gasteiger partial charge is 0.508 e. The summed E-state index contributed by atoms with van der Waals surface area (Å²) in [5.74, 6) is 0.599. The van der Waals surface area contributed by atoms with Crippen LogP contribution in [0, 0.1) is 27.7 Å². The van der Waals surface area contributed by atoms with E-state index in [-0.39, 0.29) is 5.75 Å². The normalized spacial score (nSPS) is 10.6. The molecule has 254 valence electrons. The van der Waals surface area contributed by atoms with E-state index in [2.05, 4.69) is 153 Å². The van der Waals surface area contributed by atoms with Gasteiger partial charge in [0.15, 0.2) is 0 Å². The monoisotopic (exact) mass is 668 g/mol. The summed E-state index contributed by atoms with van der Waals surface area (Å²) in [6.45, 7) is 8.36. The number of phenols is 2. The summed E-state index contributed by atoms with van der Waals surface area (Å²) in [4.78, 5) is 4.41. The van der Waals surface area contributed by atoms with Gasteiger partial charge in [0, 0.05) is 46.1 Å². The molecule has 7 rings (SSSR count). The minimum atomic E-state index is 0.275. The number of aromatic hydroxyl groups is 2. The van der Waals surface area contributed by atoms with Gasteiger partial charge >= 0.3 is 0 Å². The fourth-order valence-electron chi connectivity index (χ4n) is 5.94. The predicted octanol–water partition coefficient (Wildman–Crippen LogP) is 12.5. The van der Waals surface area contributed by atoms with Crippen LogP contribution in [0.3, 0.4) is 0 Å². The Hall–Kier alpha value is -6.26. The summed E-state index contributed by atoms with van der Waals surface area (Å²) in [5.41, 5.74) is 13.5. The number of hydrogen-bond acceptors (Lipinski definition) is 4. The molecule has 0 unspecified atom stereocenters. The van der Waals surface area contributed by atoms with Crippen molar-refractivity contribution in [3.05, 3.63) is 203 Å². The Morgan fingerprint density at radius 3 is 1.10 bits per heavy atom. The Kier molecular flexibility index (Phi) is 10.8. The Bertz CT molecular complexity index is 1990. The van der Waals surface area contributed by atoms with Crippen LogP contribution in [0.15, 0.2) is 170 Å². The first-order valence-corrected chi connectivity index (χ1v) is 17.3. The number of benzene rings is 7. The second-order valence-electron chi connectivity index (χ2n) is 13.0. The minimum Gasteiger partial charge on any atom is -0.508 e. The third-order valence-electron chi connectivity index (χ3n) is 8.84. The van der Waals surface area contributed by atoms with Crippen molar-refractivity contribution in [1.29, 1.82) is 0 Å². The Balaban J connectivity index is 0.000000183. The van der Waals surface area contributed by atoms with E-state index in [0.717, 1.165) is 39.7 Å². The molecule has 4 nitrogen and oxygen atoms in total. The second kappa shape index (κ2) is 16.0. The lowest BCUT2D eigenvalue weighted by molar-refractivity contribution is 0.469. The molecule has 51 heavy (non-hydrogen) atoms. The molecular weight excluding hydrogens is 625 g/mol.